The van der Waals surface area contributed by atoms with Gasteiger partial charge in [-0.25, -0.2) is 0 Å². The molecule has 0 aromatic rings. The number of nitrogens with one attached hydrogen (secondary N) is 1. The van der Waals surface area contributed by atoms with Crippen LogP contribution in [0.2, 0.25) is 0 Å². The van der Waals surface area contributed by atoms with Gasteiger partial charge in [0.1, 0.15) is 0 Å². The van der Waals surface area contributed by atoms with Gasteiger partial charge in [-0.1, -0.05) is 26.7 Å². The van der Waals surface area contributed by atoms with Gasteiger partial charge in [-0.15, -0.1) is 0 Å². The molecule has 14 heavy (non-hydrogen) atoms. The molecule has 0 rings (SSSR count). The Morgan fingerprint density at radius 1 is 1.07 bits per heavy atom. The molecule has 86 valence electrons. The summed E-state index contributed by atoms with van der Waals surface area (Å²) in [5.74, 6) is 0. The quantitative estimate of drug-likeness (QED) is 0.549. The molecule has 0 aromatic carbocycles. The van der Waals surface area contributed by atoms with Crippen LogP contribution < -0.4 is 5.32 Å². The summed E-state index contributed by atoms with van der Waals surface area (Å²) in [6.07, 6.45) is 6.29. The molecule has 0 aliphatic rings. The zero-order valence-corrected chi connectivity index (χ0v) is 10.1. The molecule has 0 radical (unpaired) electrons. The molecule has 0 saturated carbocycles. The maximum absolute atomic E-state index is 5.38. The lowest BCUT2D eigenvalue weighted by Crippen LogP contribution is -2.30. The maximum Gasteiger partial charge on any atom is 0.0480 e. The Morgan fingerprint density at radius 3 is 2.43 bits per heavy atom. The van der Waals surface area contributed by atoms with Crippen molar-refractivity contribution in [3.8, 4) is 0 Å². The van der Waals surface area contributed by atoms with E-state index in [0.29, 0.717) is 6.04 Å². The topological polar surface area (TPSA) is 21.3 Å². The number of rotatable bonds is 10. The highest BCUT2D eigenvalue weighted by molar-refractivity contribution is 4.66. The average molecular weight is 201 g/mol. The fourth-order valence-electron chi connectivity index (χ4n) is 1.52. The molecule has 0 aliphatic carbocycles. The summed E-state index contributed by atoms with van der Waals surface area (Å²) in [6, 6.07) is 0.668. The molecule has 1 unspecified atom stereocenters. The fraction of sp³-hybridized carbons (Fsp3) is 1.00. The molecule has 1 N–H and O–H groups in total. The predicted octanol–water partition coefficient (Wildman–Crippen LogP) is 2.97. The zero-order chi connectivity index (χ0) is 10.6. The van der Waals surface area contributed by atoms with Crippen LogP contribution in [-0.2, 0) is 4.74 Å². The molecule has 0 aliphatic heterocycles. The first-order chi connectivity index (χ1) is 6.85. The number of unbranched alkanes of at least 4 members (excludes halogenated alkanes) is 1. The molecule has 0 fully saturated rings. The van der Waals surface area contributed by atoms with Crippen molar-refractivity contribution >= 4 is 0 Å². The second-order valence-electron chi connectivity index (χ2n) is 3.78. The Morgan fingerprint density at radius 2 is 1.86 bits per heavy atom. The van der Waals surface area contributed by atoms with E-state index < -0.39 is 0 Å². The summed E-state index contributed by atoms with van der Waals surface area (Å²) in [5.41, 5.74) is 0. The monoisotopic (exact) mass is 201 g/mol. The van der Waals surface area contributed by atoms with Gasteiger partial charge in [0, 0.05) is 19.3 Å². The number of hydrogen-bond acceptors (Lipinski definition) is 2. The Kier molecular flexibility index (Phi) is 10.9. The molecular formula is C12H27NO. The minimum Gasteiger partial charge on any atom is -0.382 e. The first kappa shape index (κ1) is 13.9. The number of ether oxygens (including phenoxy) is 1. The van der Waals surface area contributed by atoms with Crippen molar-refractivity contribution in [3.05, 3.63) is 0 Å². The van der Waals surface area contributed by atoms with Gasteiger partial charge >= 0.3 is 0 Å². The predicted molar refractivity (Wildman–Crippen MR) is 62.7 cm³/mol. The van der Waals surface area contributed by atoms with Gasteiger partial charge in [-0.3, -0.25) is 0 Å². The Bertz CT molecular complexity index is 98.5. The third kappa shape index (κ3) is 8.52. The molecule has 0 aromatic heterocycles. The molecule has 0 amide bonds. The Balaban J connectivity index is 3.49. The highest BCUT2D eigenvalue weighted by Gasteiger charge is 2.06. The highest BCUT2D eigenvalue weighted by Crippen LogP contribution is 2.04. The van der Waals surface area contributed by atoms with Crippen LogP contribution in [0.15, 0.2) is 0 Å². The van der Waals surface area contributed by atoms with Crippen molar-refractivity contribution in [3.63, 3.8) is 0 Å². The van der Waals surface area contributed by atoms with Gasteiger partial charge < -0.3 is 10.1 Å². The third-order valence-electron chi connectivity index (χ3n) is 2.40. The van der Waals surface area contributed by atoms with Crippen molar-refractivity contribution in [1.29, 1.82) is 0 Å². The van der Waals surface area contributed by atoms with Crippen LogP contribution in [0.4, 0.5) is 0 Å². The summed E-state index contributed by atoms with van der Waals surface area (Å²) in [6.45, 7) is 9.41. The van der Waals surface area contributed by atoms with Crippen LogP contribution in [0.25, 0.3) is 0 Å². The molecule has 0 saturated heterocycles. The van der Waals surface area contributed by atoms with Crippen molar-refractivity contribution in [2.75, 3.05) is 19.8 Å². The Labute approximate surface area is 89.4 Å². The van der Waals surface area contributed by atoms with Gasteiger partial charge in [0.2, 0.25) is 0 Å². The smallest absolute Gasteiger partial charge is 0.0480 e. The number of hydrogen-bond donors (Lipinski definition) is 1. The van der Waals surface area contributed by atoms with E-state index in [9.17, 15) is 0 Å². The molecule has 0 heterocycles. The second-order valence-corrected chi connectivity index (χ2v) is 3.78. The largest absolute Gasteiger partial charge is 0.382 e. The summed E-state index contributed by atoms with van der Waals surface area (Å²) in [4.78, 5) is 0. The molecule has 0 bridgehead atoms. The lowest BCUT2D eigenvalue weighted by Gasteiger charge is -2.17. The normalized spacial score (nSPS) is 13.1. The van der Waals surface area contributed by atoms with E-state index >= 15 is 0 Å². The molecular weight excluding hydrogens is 174 g/mol. The first-order valence-corrected chi connectivity index (χ1v) is 6.16. The van der Waals surface area contributed by atoms with E-state index in [1.165, 1.54) is 25.7 Å². The minimum absolute atomic E-state index is 0.668. The molecule has 2 heteroatoms. The first-order valence-electron chi connectivity index (χ1n) is 6.16. The van der Waals surface area contributed by atoms with Gasteiger partial charge in [-0.2, -0.15) is 0 Å². The van der Waals surface area contributed by atoms with Crippen LogP contribution in [0, 0.1) is 0 Å². The lowest BCUT2D eigenvalue weighted by molar-refractivity contribution is 0.135. The van der Waals surface area contributed by atoms with E-state index in [-0.39, 0.29) is 0 Å². The third-order valence-corrected chi connectivity index (χ3v) is 2.40. The SMILES string of the molecule is CCCCC(CCOCC)NCCC. The molecule has 1 atom stereocenters. The van der Waals surface area contributed by atoms with Crippen molar-refractivity contribution in [2.45, 2.75) is 58.9 Å². The van der Waals surface area contributed by atoms with Gasteiger partial charge in [0.25, 0.3) is 0 Å². The second kappa shape index (κ2) is 11.0. The van der Waals surface area contributed by atoms with Crippen molar-refractivity contribution in [2.24, 2.45) is 0 Å². The maximum atomic E-state index is 5.38. The standard InChI is InChI=1S/C12H27NO/c1-4-7-8-12(13-10-5-2)9-11-14-6-3/h12-13H,4-11H2,1-3H3. The highest BCUT2D eigenvalue weighted by atomic mass is 16.5. The average Bonchev–Trinajstić information content (AvgIpc) is 2.21. The van der Waals surface area contributed by atoms with Crippen LogP contribution >= 0.6 is 0 Å². The lowest BCUT2D eigenvalue weighted by atomic mass is 10.1. The fourth-order valence-corrected chi connectivity index (χ4v) is 1.52. The van der Waals surface area contributed by atoms with Crippen LogP contribution in [0.3, 0.4) is 0 Å². The summed E-state index contributed by atoms with van der Waals surface area (Å²) >= 11 is 0. The van der Waals surface area contributed by atoms with E-state index in [1.54, 1.807) is 0 Å². The summed E-state index contributed by atoms with van der Waals surface area (Å²) < 4.78 is 5.38. The van der Waals surface area contributed by atoms with Crippen LogP contribution in [-0.4, -0.2) is 25.8 Å². The van der Waals surface area contributed by atoms with E-state index in [4.69, 9.17) is 4.74 Å². The van der Waals surface area contributed by atoms with E-state index in [0.717, 1.165) is 26.2 Å². The van der Waals surface area contributed by atoms with Crippen LogP contribution in [0.1, 0.15) is 52.9 Å². The Hall–Kier alpha value is -0.0800. The summed E-state index contributed by atoms with van der Waals surface area (Å²) in [5, 5.41) is 3.58. The minimum atomic E-state index is 0.668. The summed E-state index contributed by atoms with van der Waals surface area (Å²) in [7, 11) is 0. The van der Waals surface area contributed by atoms with Crippen LogP contribution in [0.5, 0.6) is 0 Å². The van der Waals surface area contributed by atoms with Gasteiger partial charge in [0.05, 0.1) is 0 Å². The van der Waals surface area contributed by atoms with E-state index in [2.05, 4.69) is 26.1 Å². The molecule has 2 nitrogen and oxygen atoms in total. The zero-order valence-electron chi connectivity index (χ0n) is 10.1. The van der Waals surface area contributed by atoms with Crippen molar-refractivity contribution < 1.29 is 4.74 Å². The van der Waals surface area contributed by atoms with E-state index in [1.807, 2.05) is 0 Å². The van der Waals surface area contributed by atoms with Gasteiger partial charge in [0.15, 0.2) is 0 Å². The molecule has 0 spiro atoms. The van der Waals surface area contributed by atoms with Crippen molar-refractivity contribution in [1.82, 2.24) is 5.32 Å². The van der Waals surface area contributed by atoms with Gasteiger partial charge in [-0.05, 0) is 32.7 Å².